The van der Waals surface area contributed by atoms with E-state index in [4.69, 9.17) is 9.47 Å². The molecule has 1 N–H and O–H groups in total. The van der Waals surface area contributed by atoms with Crippen molar-refractivity contribution in [2.24, 2.45) is 11.8 Å². The van der Waals surface area contributed by atoms with Crippen molar-refractivity contribution in [2.75, 3.05) is 33.4 Å². The van der Waals surface area contributed by atoms with E-state index in [1.807, 2.05) is 7.11 Å². The molecule has 3 saturated heterocycles. The van der Waals surface area contributed by atoms with Crippen molar-refractivity contribution in [1.82, 2.24) is 10.2 Å². The number of ether oxygens (including phenoxy) is 2. The molecule has 0 amide bonds. The molecular weight excluding hydrogens is 408 g/mol. The van der Waals surface area contributed by atoms with Crippen molar-refractivity contribution in [3.63, 3.8) is 0 Å². The van der Waals surface area contributed by atoms with E-state index in [2.05, 4.69) is 28.4 Å². The minimum absolute atomic E-state index is 0.00618. The highest BCUT2D eigenvalue weighted by molar-refractivity contribution is 5.50. The first-order chi connectivity index (χ1) is 16.2. The number of likely N-dealkylation sites (tertiary alicyclic amines) is 1. The summed E-state index contributed by atoms with van der Waals surface area (Å²) in [6.07, 6.45) is 16.1. The molecule has 4 aliphatic carbocycles. The Balaban J connectivity index is 1.25. The van der Waals surface area contributed by atoms with Gasteiger partial charge >= 0.3 is 0 Å². The molecular formula is C29H42N2O2. The Morgan fingerprint density at radius 3 is 2.70 bits per heavy atom. The Bertz CT molecular complexity index is 897. The predicted molar refractivity (Wildman–Crippen MR) is 131 cm³/mol. The fraction of sp³-hybridized carbons (Fsp3) is 0.793. The van der Waals surface area contributed by atoms with Gasteiger partial charge in [-0.25, -0.2) is 0 Å². The van der Waals surface area contributed by atoms with Gasteiger partial charge in [-0.05, 0) is 106 Å². The molecule has 4 atom stereocenters. The van der Waals surface area contributed by atoms with Crippen molar-refractivity contribution < 1.29 is 9.47 Å². The maximum atomic E-state index is 7.19. The Morgan fingerprint density at radius 1 is 1.06 bits per heavy atom. The van der Waals surface area contributed by atoms with E-state index in [0.29, 0.717) is 6.04 Å². The lowest BCUT2D eigenvalue weighted by Gasteiger charge is -2.72. The molecule has 6 fully saturated rings. The molecule has 8 rings (SSSR count). The van der Waals surface area contributed by atoms with Crippen LogP contribution in [0.4, 0.5) is 0 Å². The Labute approximate surface area is 199 Å². The van der Waals surface area contributed by atoms with Gasteiger partial charge in [0.05, 0.1) is 19.3 Å². The molecule has 33 heavy (non-hydrogen) atoms. The van der Waals surface area contributed by atoms with Crippen molar-refractivity contribution in [3.8, 4) is 5.75 Å². The van der Waals surface area contributed by atoms with Crippen LogP contribution in [0.25, 0.3) is 0 Å². The zero-order chi connectivity index (χ0) is 22.1. The molecule has 0 radical (unpaired) electrons. The summed E-state index contributed by atoms with van der Waals surface area (Å²) < 4.78 is 12.9. The second kappa shape index (κ2) is 7.70. The third kappa shape index (κ3) is 3.19. The lowest BCUT2D eigenvalue weighted by molar-refractivity contribution is -0.263. The molecule has 4 nitrogen and oxygen atoms in total. The van der Waals surface area contributed by atoms with E-state index >= 15 is 0 Å². The zero-order valence-electron chi connectivity index (χ0n) is 20.5. The molecule has 4 bridgehead atoms. The highest BCUT2D eigenvalue weighted by Gasteiger charge is 2.71. The Hall–Kier alpha value is -1.10. The van der Waals surface area contributed by atoms with E-state index in [9.17, 15) is 0 Å². The van der Waals surface area contributed by atoms with Crippen molar-refractivity contribution in [3.05, 3.63) is 29.3 Å². The molecule has 4 heteroatoms. The number of hydrogen-bond acceptors (Lipinski definition) is 4. The molecule has 1 aromatic rings. The van der Waals surface area contributed by atoms with Gasteiger partial charge in [0.2, 0.25) is 0 Å². The summed E-state index contributed by atoms with van der Waals surface area (Å²) in [5, 5.41) is 4.16. The van der Waals surface area contributed by atoms with E-state index in [0.717, 1.165) is 30.6 Å². The molecule has 3 saturated carbocycles. The number of piperidine rings is 1. The standard InChI is InChI=1S/C29H42N2O2/c1-32-24-10-9-23-15-26-29-12-11-27(20-33-29,30-17-21-5-3-2-4-6-21)19-28(29,25(23)16-24)13-14-31(26)18-22-7-8-22/h9-10,16,21-22,26,30H,2-8,11-15,17-20H2,1H3/t26-,27?,28-,29?/m1/s1. The first kappa shape index (κ1) is 21.2. The van der Waals surface area contributed by atoms with E-state index in [-0.39, 0.29) is 16.6 Å². The van der Waals surface area contributed by atoms with Crippen molar-refractivity contribution >= 4 is 0 Å². The number of benzene rings is 1. The summed E-state index contributed by atoms with van der Waals surface area (Å²) in [7, 11) is 1.82. The summed E-state index contributed by atoms with van der Waals surface area (Å²) >= 11 is 0. The topological polar surface area (TPSA) is 33.7 Å². The summed E-state index contributed by atoms with van der Waals surface area (Å²) in [6, 6.07) is 7.50. The highest BCUT2D eigenvalue weighted by atomic mass is 16.5. The van der Waals surface area contributed by atoms with Crippen LogP contribution in [0.1, 0.15) is 81.8 Å². The van der Waals surface area contributed by atoms with E-state index in [1.165, 1.54) is 90.3 Å². The predicted octanol–water partition coefficient (Wildman–Crippen LogP) is 4.84. The Morgan fingerprint density at radius 2 is 1.94 bits per heavy atom. The van der Waals surface area contributed by atoms with Gasteiger partial charge in [-0.3, -0.25) is 4.90 Å². The van der Waals surface area contributed by atoms with Gasteiger partial charge < -0.3 is 14.8 Å². The van der Waals surface area contributed by atoms with Crippen molar-refractivity contribution in [2.45, 2.75) is 99.6 Å². The van der Waals surface area contributed by atoms with Gasteiger partial charge in [0.25, 0.3) is 0 Å². The number of methoxy groups -OCH3 is 1. The average molecular weight is 451 g/mol. The second-order valence-corrected chi connectivity index (χ2v) is 12.5. The van der Waals surface area contributed by atoms with Gasteiger partial charge in [0.1, 0.15) is 5.75 Å². The van der Waals surface area contributed by atoms with Crippen LogP contribution in [-0.2, 0) is 16.6 Å². The molecule has 1 aromatic carbocycles. The molecule has 3 heterocycles. The fourth-order valence-electron chi connectivity index (χ4n) is 8.82. The number of hydrogen-bond donors (Lipinski definition) is 1. The van der Waals surface area contributed by atoms with Crippen LogP contribution in [0.15, 0.2) is 18.2 Å². The number of rotatable bonds is 6. The summed E-state index contributed by atoms with van der Waals surface area (Å²) in [4.78, 5) is 2.86. The number of nitrogens with zero attached hydrogens (tertiary/aromatic N) is 1. The van der Waals surface area contributed by atoms with Gasteiger partial charge in [-0.2, -0.15) is 0 Å². The van der Waals surface area contributed by atoms with Crippen LogP contribution >= 0.6 is 0 Å². The quantitative estimate of drug-likeness (QED) is 0.673. The van der Waals surface area contributed by atoms with Crippen LogP contribution in [0.3, 0.4) is 0 Å². The van der Waals surface area contributed by atoms with Crippen LogP contribution in [0.2, 0.25) is 0 Å². The first-order valence-corrected chi connectivity index (χ1v) is 14.0. The minimum atomic E-state index is -0.00618. The summed E-state index contributed by atoms with van der Waals surface area (Å²) in [5.41, 5.74) is 3.40. The highest BCUT2D eigenvalue weighted by Crippen LogP contribution is 2.65. The Kier molecular flexibility index (Phi) is 4.95. The molecule has 0 aromatic heterocycles. The van der Waals surface area contributed by atoms with E-state index < -0.39 is 0 Å². The smallest absolute Gasteiger partial charge is 0.119 e. The van der Waals surface area contributed by atoms with Gasteiger partial charge in [-0.1, -0.05) is 25.3 Å². The van der Waals surface area contributed by atoms with Crippen LogP contribution < -0.4 is 10.1 Å². The average Bonchev–Trinajstić information content (AvgIpc) is 3.69. The maximum absolute atomic E-state index is 7.19. The molecule has 2 unspecified atom stereocenters. The third-order valence-corrected chi connectivity index (χ3v) is 10.8. The minimum Gasteiger partial charge on any atom is -0.497 e. The fourth-order valence-corrected chi connectivity index (χ4v) is 8.82. The van der Waals surface area contributed by atoms with Crippen molar-refractivity contribution in [1.29, 1.82) is 0 Å². The monoisotopic (exact) mass is 450 g/mol. The summed E-state index contributed by atoms with van der Waals surface area (Å²) in [6.45, 7) is 4.63. The molecule has 7 aliphatic rings. The lowest BCUT2D eigenvalue weighted by atomic mass is 9.45. The second-order valence-electron chi connectivity index (χ2n) is 12.5. The first-order valence-electron chi connectivity index (χ1n) is 14.0. The van der Waals surface area contributed by atoms with Gasteiger partial charge in [-0.15, -0.1) is 0 Å². The molecule has 3 aliphatic heterocycles. The van der Waals surface area contributed by atoms with E-state index in [1.54, 1.807) is 11.1 Å². The molecule has 180 valence electrons. The third-order valence-electron chi connectivity index (χ3n) is 10.8. The zero-order valence-corrected chi connectivity index (χ0v) is 20.5. The number of nitrogens with one attached hydrogen (secondary N) is 1. The molecule has 1 spiro atoms. The van der Waals surface area contributed by atoms with Crippen LogP contribution in [0, 0.1) is 11.8 Å². The lowest BCUT2D eigenvalue weighted by Crippen LogP contribution is -2.81. The van der Waals surface area contributed by atoms with Crippen LogP contribution in [-0.4, -0.2) is 55.4 Å². The number of fused-ring (bicyclic) bond motifs is 3. The maximum Gasteiger partial charge on any atom is 0.119 e. The van der Waals surface area contributed by atoms with Gasteiger partial charge in [0.15, 0.2) is 0 Å². The normalized spacial score (nSPS) is 40.3. The summed E-state index contributed by atoms with van der Waals surface area (Å²) in [5.74, 6) is 2.82. The van der Waals surface area contributed by atoms with Crippen LogP contribution in [0.5, 0.6) is 5.75 Å². The SMILES string of the molecule is COc1ccc2c(c1)[C@]13CCN(CC4CC4)[C@H](C2)C12CCC(NCC1CCCCC1)(CO2)C3. The largest absolute Gasteiger partial charge is 0.497 e. The van der Waals surface area contributed by atoms with Gasteiger partial charge in [0, 0.05) is 23.5 Å².